The summed E-state index contributed by atoms with van der Waals surface area (Å²) >= 11 is 11.8. The number of hydrazine groups is 1. The zero-order chi connectivity index (χ0) is 13.8. The van der Waals surface area contributed by atoms with Gasteiger partial charge in [0.05, 0.1) is 16.3 Å². The molecule has 0 atom stereocenters. The van der Waals surface area contributed by atoms with Crippen molar-refractivity contribution in [2.45, 2.75) is 0 Å². The highest BCUT2D eigenvalue weighted by molar-refractivity contribution is 6.33. The molecule has 2 aromatic rings. The Balaban J connectivity index is 2.30. The lowest BCUT2D eigenvalue weighted by atomic mass is 10.1. The van der Waals surface area contributed by atoms with Gasteiger partial charge in [-0.3, -0.25) is 10.6 Å². The number of pyridine rings is 1. The molecule has 0 saturated heterocycles. The van der Waals surface area contributed by atoms with E-state index in [-0.39, 0.29) is 5.82 Å². The minimum absolute atomic E-state index is 0.275. The van der Waals surface area contributed by atoms with Crippen LogP contribution in [-0.4, -0.2) is 10.9 Å². The molecular formula is C12H10Cl2N4O. The fraction of sp³-hybridized carbons (Fsp3) is 0. The Bertz CT molecular complexity index is 618. The number of amides is 1. The van der Waals surface area contributed by atoms with Gasteiger partial charge in [0.25, 0.3) is 5.91 Å². The lowest BCUT2D eigenvalue weighted by molar-refractivity contribution is 0.102. The van der Waals surface area contributed by atoms with E-state index in [9.17, 15) is 4.79 Å². The lowest BCUT2D eigenvalue weighted by Gasteiger charge is -2.10. The first-order valence-electron chi connectivity index (χ1n) is 5.30. The van der Waals surface area contributed by atoms with Crippen LogP contribution in [0.25, 0.3) is 0 Å². The minimum atomic E-state index is -0.406. The molecule has 0 spiro atoms. The third-order valence-corrected chi connectivity index (χ3v) is 2.91. The summed E-state index contributed by atoms with van der Waals surface area (Å²) < 4.78 is 0. The van der Waals surface area contributed by atoms with E-state index in [1.165, 1.54) is 12.3 Å². The van der Waals surface area contributed by atoms with Crippen LogP contribution in [0.15, 0.2) is 36.5 Å². The van der Waals surface area contributed by atoms with Gasteiger partial charge in [0.15, 0.2) is 5.82 Å². The number of nitrogens with two attached hydrogens (primary N) is 1. The van der Waals surface area contributed by atoms with E-state index in [2.05, 4.69) is 15.7 Å². The van der Waals surface area contributed by atoms with Gasteiger partial charge in [-0.1, -0.05) is 23.2 Å². The number of carbonyl (C=O) groups is 1. The van der Waals surface area contributed by atoms with E-state index in [0.29, 0.717) is 21.3 Å². The number of carbonyl (C=O) groups excluding carboxylic acids is 1. The molecule has 1 aromatic carbocycles. The first kappa shape index (κ1) is 13.6. The number of nitrogens with one attached hydrogen (secondary N) is 2. The summed E-state index contributed by atoms with van der Waals surface area (Å²) in [5.74, 6) is 5.22. The second-order valence-corrected chi connectivity index (χ2v) is 4.47. The summed E-state index contributed by atoms with van der Waals surface area (Å²) in [6.07, 6.45) is 1.53. The van der Waals surface area contributed by atoms with Crippen LogP contribution in [0.4, 0.5) is 11.5 Å². The monoisotopic (exact) mass is 296 g/mol. The number of benzene rings is 1. The number of nitrogen functional groups attached to an aromatic ring is 1. The summed E-state index contributed by atoms with van der Waals surface area (Å²) in [6.45, 7) is 0. The van der Waals surface area contributed by atoms with Gasteiger partial charge in [-0.25, -0.2) is 4.98 Å². The van der Waals surface area contributed by atoms with E-state index in [4.69, 9.17) is 29.0 Å². The number of hydrogen-bond donors (Lipinski definition) is 3. The molecular weight excluding hydrogens is 287 g/mol. The van der Waals surface area contributed by atoms with Gasteiger partial charge in [0.2, 0.25) is 0 Å². The maximum Gasteiger partial charge on any atom is 0.259 e. The van der Waals surface area contributed by atoms with Crippen LogP contribution < -0.4 is 16.6 Å². The van der Waals surface area contributed by atoms with Gasteiger partial charge in [-0.2, -0.15) is 0 Å². The first-order chi connectivity index (χ1) is 9.11. The number of rotatable bonds is 3. The largest absolute Gasteiger partial charge is 0.323 e. The normalized spacial score (nSPS) is 10.1. The summed E-state index contributed by atoms with van der Waals surface area (Å²) in [5.41, 5.74) is 3.19. The first-order valence-corrected chi connectivity index (χ1v) is 6.05. The fourth-order valence-corrected chi connectivity index (χ4v) is 1.82. The Labute approximate surface area is 119 Å². The lowest BCUT2D eigenvalue weighted by Crippen LogP contribution is -2.18. The van der Waals surface area contributed by atoms with Crippen molar-refractivity contribution in [1.29, 1.82) is 0 Å². The minimum Gasteiger partial charge on any atom is -0.323 e. The number of halogens is 2. The topological polar surface area (TPSA) is 80.0 Å². The third kappa shape index (κ3) is 3.14. The molecule has 1 heterocycles. The van der Waals surface area contributed by atoms with Gasteiger partial charge >= 0.3 is 0 Å². The molecule has 0 radical (unpaired) electrons. The molecule has 98 valence electrons. The molecule has 0 saturated carbocycles. The smallest absolute Gasteiger partial charge is 0.259 e. The molecule has 0 bridgehead atoms. The van der Waals surface area contributed by atoms with Crippen molar-refractivity contribution >= 4 is 40.6 Å². The molecule has 0 aliphatic rings. The predicted molar refractivity (Wildman–Crippen MR) is 76.5 cm³/mol. The van der Waals surface area contributed by atoms with Gasteiger partial charge in [-0.15, -0.1) is 0 Å². The van der Waals surface area contributed by atoms with Crippen molar-refractivity contribution < 1.29 is 4.79 Å². The van der Waals surface area contributed by atoms with Crippen LogP contribution in [0.3, 0.4) is 0 Å². The highest BCUT2D eigenvalue weighted by Gasteiger charge is 2.13. The Morgan fingerprint density at radius 3 is 2.74 bits per heavy atom. The van der Waals surface area contributed by atoms with Crippen molar-refractivity contribution in [3.63, 3.8) is 0 Å². The van der Waals surface area contributed by atoms with E-state index in [0.717, 1.165) is 0 Å². The van der Waals surface area contributed by atoms with Crippen molar-refractivity contribution in [1.82, 2.24) is 4.98 Å². The molecule has 2 rings (SSSR count). The van der Waals surface area contributed by atoms with E-state index in [1.807, 2.05) is 0 Å². The van der Waals surface area contributed by atoms with Crippen LogP contribution in [0.1, 0.15) is 10.4 Å². The van der Waals surface area contributed by atoms with E-state index in [1.54, 1.807) is 24.3 Å². The third-order valence-electron chi connectivity index (χ3n) is 2.37. The summed E-state index contributed by atoms with van der Waals surface area (Å²) in [7, 11) is 0. The SMILES string of the molecule is NNc1ccc(Cl)cc1C(=O)Nc1ncccc1Cl. The van der Waals surface area contributed by atoms with Crippen molar-refractivity contribution in [2.75, 3.05) is 10.7 Å². The highest BCUT2D eigenvalue weighted by atomic mass is 35.5. The standard InChI is InChI=1S/C12H10Cl2N4O/c13-7-3-4-10(18-15)8(6-7)12(19)17-11-9(14)2-1-5-16-11/h1-6,18H,15H2,(H,16,17,19). The Morgan fingerprint density at radius 2 is 2.05 bits per heavy atom. The molecule has 4 N–H and O–H groups in total. The summed E-state index contributed by atoms with van der Waals surface area (Å²) in [5, 5.41) is 3.37. The van der Waals surface area contributed by atoms with Gasteiger partial charge in [0, 0.05) is 11.2 Å². The molecule has 0 aliphatic carbocycles. The van der Waals surface area contributed by atoms with Crippen LogP contribution in [-0.2, 0) is 0 Å². The average molecular weight is 297 g/mol. The predicted octanol–water partition coefficient (Wildman–Crippen LogP) is 2.93. The number of hydrogen-bond acceptors (Lipinski definition) is 4. The van der Waals surface area contributed by atoms with Crippen molar-refractivity contribution in [3.8, 4) is 0 Å². The zero-order valence-electron chi connectivity index (χ0n) is 9.65. The molecule has 5 nitrogen and oxygen atoms in total. The fourth-order valence-electron chi connectivity index (χ4n) is 1.48. The number of anilines is 2. The molecule has 0 fully saturated rings. The molecule has 1 amide bonds. The number of nitrogens with zero attached hydrogens (tertiary/aromatic N) is 1. The zero-order valence-corrected chi connectivity index (χ0v) is 11.2. The van der Waals surface area contributed by atoms with Gasteiger partial charge in [-0.05, 0) is 30.3 Å². The summed E-state index contributed by atoms with van der Waals surface area (Å²) in [6, 6.07) is 8.04. The van der Waals surface area contributed by atoms with Crippen molar-refractivity contribution in [3.05, 3.63) is 52.1 Å². The second kappa shape index (κ2) is 5.88. The van der Waals surface area contributed by atoms with Crippen LogP contribution >= 0.6 is 23.2 Å². The van der Waals surface area contributed by atoms with E-state index < -0.39 is 5.91 Å². The Morgan fingerprint density at radius 1 is 1.26 bits per heavy atom. The molecule has 7 heteroatoms. The van der Waals surface area contributed by atoms with E-state index >= 15 is 0 Å². The molecule has 19 heavy (non-hydrogen) atoms. The van der Waals surface area contributed by atoms with Crippen LogP contribution in [0, 0.1) is 0 Å². The Hall–Kier alpha value is -1.82. The molecule has 0 aliphatic heterocycles. The number of aromatic nitrogens is 1. The molecule has 1 aromatic heterocycles. The quantitative estimate of drug-likeness (QED) is 0.601. The molecule has 0 unspecified atom stereocenters. The van der Waals surface area contributed by atoms with Crippen molar-refractivity contribution in [2.24, 2.45) is 5.84 Å². The summed E-state index contributed by atoms with van der Waals surface area (Å²) in [4.78, 5) is 16.1. The van der Waals surface area contributed by atoms with Crippen LogP contribution in [0.5, 0.6) is 0 Å². The van der Waals surface area contributed by atoms with Gasteiger partial charge in [0.1, 0.15) is 0 Å². The average Bonchev–Trinajstić information content (AvgIpc) is 2.41. The maximum absolute atomic E-state index is 12.1. The highest BCUT2D eigenvalue weighted by Crippen LogP contribution is 2.23. The second-order valence-electron chi connectivity index (χ2n) is 3.62. The van der Waals surface area contributed by atoms with Crippen LogP contribution in [0.2, 0.25) is 10.0 Å². The maximum atomic E-state index is 12.1. The van der Waals surface area contributed by atoms with Gasteiger partial charge < -0.3 is 10.7 Å². The Kier molecular flexibility index (Phi) is 4.21.